The highest BCUT2D eigenvalue weighted by Crippen LogP contribution is 2.19. The fourth-order valence-corrected chi connectivity index (χ4v) is 1.46. The van der Waals surface area contributed by atoms with Gasteiger partial charge in [0.2, 0.25) is 5.91 Å². The van der Waals surface area contributed by atoms with Crippen LogP contribution in [-0.2, 0) is 14.3 Å². The van der Waals surface area contributed by atoms with Gasteiger partial charge in [-0.1, -0.05) is 18.2 Å². The summed E-state index contributed by atoms with van der Waals surface area (Å²) in [6.45, 7) is 4.89. The Balaban J connectivity index is 2.58. The number of nitrogens with one attached hydrogen (secondary N) is 1. The van der Waals surface area contributed by atoms with Crippen molar-refractivity contribution in [2.75, 3.05) is 11.9 Å². The molecule has 18 heavy (non-hydrogen) atoms. The Morgan fingerprint density at radius 3 is 2.39 bits per heavy atom. The molecule has 1 amide bonds. The highest BCUT2D eigenvalue weighted by atomic mass is 16.5. The first kappa shape index (κ1) is 14.2. The first-order chi connectivity index (χ1) is 8.41. The first-order valence-corrected chi connectivity index (χ1v) is 5.62. The van der Waals surface area contributed by atoms with Crippen LogP contribution in [0, 0.1) is 13.8 Å². The summed E-state index contributed by atoms with van der Waals surface area (Å²) in [4.78, 5) is 22.1. The number of para-hydroxylation sites is 1. The third-order valence-corrected chi connectivity index (χ3v) is 2.56. The van der Waals surface area contributed by atoms with Crippen LogP contribution >= 0.6 is 0 Å². The Kier molecular flexibility index (Phi) is 4.85. The first-order valence-electron chi connectivity index (χ1n) is 5.62. The topological polar surface area (TPSA) is 75.6 Å². The molecule has 0 aromatic heterocycles. The van der Waals surface area contributed by atoms with Gasteiger partial charge in [-0.15, -0.1) is 0 Å². The van der Waals surface area contributed by atoms with Crippen LogP contribution < -0.4 is 5.32 Å². The van der Waals surface area contributed by atoms with Crippen LogP contribution in [0.4, 0.5) is 5.69 Å². The smallest absolute Gasteiger partial charge is 0.332 e. The van der Waals surface area contributed by atoms with Crippen molar-refractivity contribution in [3.63, 3.8) is 0 Å². The monoisotopic (exact) mass is 251 g/mol. The van der Waals surface area contributed by atoms with Crippen molar-refractivity contribution in [1.82, 2.24) is 0 Å². The molecule has 1 aromatic carbocycles. The van der Waals surface area contributed by atoms with E-state index in [1.165, 1.54) is 6.92 Å². The molecule has 0 fully saturated rings. The third kappa shape index (κ3) is 3.85. The Labute approximate surface area is 106 Å². The van der Waals surface area contributed by atoms with Gasteiger partial charge in [-0.2, -0.15) is 0 Å². The second kappa shape index (κ2) is 6.16. The molecule has 0 aliphatic carbocycles. The van der Waals surface area contributed by atoms with E-state index in [9.17, 15) is 9.59 Å². The van der Waals surface area contributed by atoms with Crippen molar-refractivity contribution < 1.29 is 19.4 Å². The Hall–Kier alpha value is -1.88. The van der Waals surface area contributed by atoms with E-state index in [2.05, 4.69) is 5.32 Å². The van der Waals surface area contributed by atoms with Gasteiger partial charge < -0.3 is 15.2 Å². The van der Waals surface area contributed by atoms with Gasteiger partial charge in [-0.05, 0) is 31.9 Å². The molecule has 0 spiro atoms. The number of hydrogen-bond acceptors (Lipinski definition) is 3. The van der Waals surface area contributed by atoms with E-state index in [0.29, 0.717) is 0 Å². The molecule has 0 heterocycles. The number of carboxylic acids is 1. The van der Waals surface area contributed by atoms with Crippen molar-refractivity contribution in [1.29, 1.82) is 0 Å². The number of carbonyl (C=O) groups excluding carboxylic acids is 1. The van der Waals surface area contributed by atoms with E-state index in [1.807, 2.05) is 32.0 Å². The van der Waals surface area contributed by atoms with Gasteiger partial charge in [-0.25, -0.2) is 4.79 Å². The predicted octanol–water partition coefficient (Wildman–Crippen LogP) is 1.73. The number of hydrogen-bond donors (Lipinski definition) is 2. The van der Waals surface area contributed by atoms with Crippen LogP contribution in [0.1, 0.15) is 18.1 Å². The number of ether oxygens (including phenoxy) is 1. The van der Waals surface area contributed by atoms with E-state index in [1.54, 1.807) is 0 Å². The summed E-state index contributed by atoms with van der Waals surface area (Å²) in [5.41, 5.74) is 2.65. The lowest BCUT2D eigenvalue weighted by molar-refractivity contribution is -0.150. The maximum Gasteiger partial charge on any atom is 0.332 e. The third-order valence-electron chi connectivity index (χ3n) is 2.56. The molecule has 2 N–H and O–H groups in total. The standard InChI is InChI=1S/C13H17NO4/c1-8-5-4-6-9(2)12(8)14-11(15)7-18-10(3)13(16)17/h4-6,10H,7H2,1-3H3,(H,14,15)(H,16,17)/t10-/m1/s1. The van der Waals surface area contributed by atoms with Gasteiger partial charge in [-0.3, -0.25) is 4.79 Å². The highest BCUT2D eigenvalue weighted by Gasteiger charge is 2.14. The van der Waals surface area contributed by atoms with Crippen LogP contribution in [0.3, 0.4) is 0 Å². The Bertz CT molecular complexity index is 436. The molecule has 0 bridgehead atoms. The van der Waals surface area contributed by atoms with Gasteiger partial charge in [0.1, 0.15) is 6.61 Å². The molecule has 0 unspecified atom stereocenters. The second-order valence-corrected chi connectivity index (χ2v) is 4.11. The summed E-state index contributed by atoms with van der Waals surface area (Å²) in [5.74, 6) is -1.45. The molecule has 0 saturated heterocycles. The molecule has 0 aliphatic heterocycles. The number of aliphatic carboxylic acids is 1. The molecule has 5 heteroatoms. The van der Waals surface area contributed by atoms with Gasteiger partial charge in [0, 0.05) is 5.69 Å². The lowest BCUT2D eigenvalue weighted by atomic mass is 10.1. The van der Waals surface area contributed by atoms with Crippen LogP contribution in [0.15, 0.2) is 18.2 Å². The van der Waals surface area contributed by atoms with Crippen molar-refractivity contribution >= 4 is 17.6 Å². The number of anilines is 1. The van der Waals surface area contributed by atoms with E-state index in [4.69, 9.17) is 9.84 Å². The zero-order chi connectivity index (χ0) is 13.7. The number of carboxylic acid groups (broad SMARTS) is 1. The van der Waals surface area contributed by atoms with E-state index in [-0.39, 0.29) is 12.5 Å². The summed E-state index contributed by atoms with van der Waals surface area (Å²) in [6.07, 6.45) is -0.992. The lowest BCUT2D eigenvalue weighted by Crippen LogP contribution is -2.26. The quantitative estimate of drug-likeness (QED) is 0.835. The summed E-state index contributed by atoms with van der Waals surface area (Å²) in [6, 6.07) is 5.69. The summed E-state index contributed by atoms with van der Waals surface area (Å²) >= 11 is 0. The molecule has 1 rings (SSSR count). The highest BCUT2D eigenvalue weighted by molar-refractivity contribution is 5.93. The minimum absolute atomic E-state index is 0.277. The largest absolute Gasteiger partial charge is 0.479 e. The molecule has 0 radical (unpaired) electrons. The Morgan fingerprint density at radius 1 is 1.33 bits per heavy atom. The number of carbonyl (C=O) groups is 2. The van der Waals surface area contributed by atoms with Crippen molar-refractivity contribution in [2.45, 2.75) is 26.9 Å². The molecule has 98 valence electrons. The SMILES string of the molecule is Cc1cccc(C)c1NC(=O)CO[C@H](C)C(=O)O. The number of amides is 1. The lowest BCUT2D eigenvalue weighted by Gasteiger charge is -2.12. The fraction of sp³-hybridized carbons (Fsp3) is 0.385. The van der Waals surface area contributed by atoms with Crippen LogP contribution in [-0.4, -0.2) is 29.7 Å². The normalized spacial score (nSPS) is 11.9. The van der Waals surface area contributed by atoms with Gasteiger partial charge in [0.25, 0.3) is 0 Å². The minimum atomic E-state index is -1.09. The van der Waals surface area contributed by atoms with Gasteiger partial charge in [0.15, 0.2) is 6.10 Å². The molecule has 5 nitrogen and oxygen atoms in total. The molecule has 1 aromatic rings. The minimum Gasteiger partial charge on any atom is -0.479 e. The summed E-state index contributed by atoms with van der Waals surface area (Å²) in [5, 5.41) is 11.3. The van der Waals surface area contributed by atoms with Gasteiger partial charge >= 0.3 is 5.97 Å². The molecule has 1 atom stereocenters. The molecule has 0 saturated carbocycles. The number of benzene rings is 1. The van der Waals surface area contributed by atoms with Crippen LogP contribution in [0.5, 0.6) is 0 Å². The zero-order valence-corrected chi connectivity index (χ0v) is 10.7. The van der Waals surface area contributed by atoms with Crippen LogP contribution in [0.2, 0.25) is 0 Å². The Morgan fingerprint density at radius 2 is 1.89 bits per heavy atom. The predicted molar refractivity (Wildman–Crippen MR) is 67.6 cm³/mol. The molecular weight excluding hydrogens is 234 g/mol. The maximum absolute atomic E-state index is 11.6. The van der Waals surface area contributed by atoms with Crippen molar-refractivity contribution in [2.24, 2.45) is 0 Å². The van der Waals surface area contributed by atoms with Gasteiger partial charge in [0.05, 0.1) is 0 Å². The average Bonchev–Trinajstić information content (AvgIpc) is 2.30. The fourth-order valence-electron chi connectivity index (χ4n) is 1.46. The summed E-state index contributed by atoms with van der Waals surface area (Å²) < 4.78 is 4.91. The second-order valence-electron chi connectivity index (χ2n) is 4.11. The number of rotatable bonds is 5. The van der Waals surface area contributed by atoms with E-state index in [0.717, 1.165) is 16.8 Å². The number of aryl methyl sites for hydroxylation is 2. The van der Waals surface area contributed by atoms with Crippen molar-refractivity contribution in [3.05, 3.63) is 29.3 Å². The average molecular weight is 251 g/mol. The molecule has 0 aliphatic rings. The summed E-state index contributed by atoms with van der Waals surface area (Å²) in [7, 11) is 0. The van der Waals surface area contributed by atoms with E-state index >= 15 is 0 Å². The maximum atomic E-state index is 11.6. The van der Waals surface area contributed by atoms with E-state index < -0.39 is 12.1 Å². The van der Waals surface area contributed by atoms with Crippen molar-refractivity contribution in [3.8, 4) is 0 Å². The zero-order valence-electron chi connectivity index (χ0n) is 10.7. The molecular formula is C13H17NO4. The van der Waals surface area contributed by atoms with Crippen LogP contribution in [0.25, 0.3) is 0 Å².